The van der Waals surface area contributed by atoms with Gasteiger partial charge in [-0.3, -0.25) is 4.90 Å². The minimum Gasteiger partial charge on any atom is -0.383 e. The van der Waals surface area contributed by atoms with E-state index >= 15 is 0 Å². The molecule has 0 aromatic rings. The lowest BCUT2D eigenvalue weighted by Crippen LogP contribution is -2.44. The van der Waals surface area contributed by atoms with Crippen LogP contribution in [0.5, 0.6) is 0 Å². The quantitative estimate of drug-likeness (QED) is 0.541. The highest BCUT2D eigenvalue weighted by atomic mass is 16.5. The van der Waals surface area contributed by atoms with Crippen LogP contribution in [0.3, 0.4) is 0 Å². The number of nitrogens with one attached hydrogen (secondary N) is 1. The van der Waals surface area contributed by atoms with E-state index in [9.17, 15) is 0 Å². The molecular weight excluding hydrogens is 228 g/mol. The maximum atomic E-state index is 5.18. The van der Waals surface area contributed by atoms with Gasteiger partial charge in [0.2, 0.25) is 0 Å². The van der Waals surface area contributed by atoms with Crippen LogP contribution in [0.25, 0.3) is 0 Å². The van der Waals surface area contributed by atoms with Crippen molar-refractivity contribution in [3.63, 3.8) is 0 Å². The Labute approximate surface area is 113 Å². The van der Waals surface area contributed by atoms with Gasteiger partial charge in [0, 0.05) is 33.4 Å². The van der Waals surface area contributed by atoms with Gasteiger partial charge >= 0.3 is 0 Å². The van der Waals surface area contributed by atoms with Gasteiger partial charge in [-0.2, -0.15) is 0 Å². The molecule has 0 amide bonds. The van der Waals surface area contributed by atoms with Crippen LogP contribution in [0.2, 0.25) is 0 Å². The molecule has 0 fully saturated rings. The molecule has 0 spiro atoms. The highest BCUT2D eigenvalue weighted by Gasteiger charge is 2.19. The first kappa shape index (κ1) is 17.8. The lowest BCUT2D eigenvalue weighted by atomic mass is 10.0. The Bertz CT molecular complexity index is 171. The van der Waals surface area contributed by atoms with Crippen molar-refractivity contribution in [1.29, 1.82) is 0 Å². The Morgan fingerprint density at radius 1 is 1.06 bits per heavy atom. The van der Waals surface area contributed by atoms with Gasteiger partial charge in [0.15, 0.2) is 0 Å². The molecule has 0 aromatic carbocycles. The summed E-state index contributed by atoms with van der Waals surface area (Å²) < 4.78 is 10.4. The maximum Gasteiger partial charge on any atom is 0.0589 e. The molecule has 0 radical (unpaired) electrons. The summed E-state index contributed by atoms with van der Waals surface area (Å²) in [6.45, 7) is 12.5. The third kappa shape index (κ3) is 8.03. The van der Waals surface area contributed by atoms with Gasteiger partial charge in [-0.15, -0.1) is 0 Å². The van der Waals surface area contributed by atoms with Gasteiger partial charge in [0.1, 0.15) is 0 Å². The van der Waals surface area contributed by atoms with Crippen LogP contribution in [0.4, 0.5) is 0 Å². The molecule has 0 aliphatic heterocycles. The van der Waals surface area contributed by atoms with E-state index in [-0.39, 0.29) is 0 Å². The molecule has 0 saturated heterocycles. The molecule has 0 rings (SSSR count). The number of hydrogen-bond donors (Lipinski definition) is 1. The molecule has 0 saturated carbocycles. The van der Waals surface area contributed by atoms with Crippen molar-refractivity contribution in [3.05, 3.63) is 0 Å². The summed E-state index contributed by atoms with van der Waals surface area (Å²) in [4.78, 5) is 2.45. The molecule has 0 aromatic heterocycles. The monoisotopic (exact) mass is 260 g/mol. The smallest absolute Gasteiger partial charge is 0.0589 e. The van der Waals surface area contributed by atoms with E-state index in [1.54, 1.807) is 14.2 Å². The van der Waals surface area contributed by atoms with E-state index in [2.05, 4.69) is 31.0 Å². The van der Waals surface area contributed by atoms with E-state index in [4.69, 9.17) is 9.47 Å². The average Bonchev–Trinajstić information content (AvgIpc) is 2.38. The van der Waals surface area contributed by atoms with Crippen LogP contribution < -0.4 is 5.32 Å². The normalized spacial score (nSPS) is 15.0. The van der Waals surface area contributed by atoms with Crippen LogP contribution in [0.1, 0.15) is 27.2 Å². The molecule has 2 unspecified atom stereocenters. The first-order valence-electron chi connectivity index (χ1n) is 7.09. The van der Waals surface area contributed by atoms with Crippen LogP contribution in [-0.4, -0.2) is 64.6 Å². The van der Waals surface area contributed by atoms with Crippen molar-refractivity contribution >= 4 is 0 Å². The van der Waals surface area contributed by atoms with Crippen molar-refractivity contribution in [3.8, 4) is 0 Å². The molecule has 0 heterocycles. The third-order valence-electron chi connectivity index (χ3n) is 3.46. The van der Waals surface area contributed by atoms with Gasteiger partial charge in [-0.05, 0) is 32.4 Å². The standard InChI is InChI=1S/C14H32N2O2/c1-6-7-15-12-13(2)14(3)16(8-10-17-4)9-11-18-5/h13-15H,6-12H2,1-5H3. The summed E-state index contributed by atoms with van der Waals surface area (Å²) in [5, 5.41) is 3.49. The summed E-state index contributed by atoms with van der Waals surface area (Å²) in [7, 11) is 3.51. The second kappa shape index (κ2) is 11.9. The Kier molecular flexibility index (Phi) is 11.8. The van der Waals surface area contributed by atoms with Crippen molar-refractivity contribution < 1.29 is 9.47 Å². The summed E-state index contributed by atoms with van der Waals surface area (Å²) in [5.41, 5.74) is 0. The second-order valence-corrected chi connectivity index (χ2v) is 4.94. The minimum absolute atomic E-state index is 0.541. The topological polar surface area (TPSA) is 33.7 Å². The number of nitrogens with zero attached hydrogens (tertiary/aromatic N) is 1. The molecule has 0 bridgehead atoms. The molecule has 1 N–H and O–H groups in total. The van der Waals surface area contributed by atoms with Crippen LogP contribution in [-0.2, 0) is 9.47 Å². The summed E-state index contributed by atoms with van der Waals surface area (Å²) in [5.74, 6) is 0.630. The van der Waals surface area contributed by atoms with E-state index in [0.29, 0.717) is 12.0 Å². The number of methoxy groups -OCH3 is 2. The van der Waals surface area contributed by atoms with Crippen LogP contribution >= 0.6 is 0 Å². The number of rotatable bonds is 12. The summed E-state index contributed by atoms with van der Waals surface area (Å²) in [6, 6.07) is 0.541. The Hall–Kier alpha value is -0.160. The first-order valence-corrected chi connectivity index (χ1v) is 7.09. The van der Waals surface area contributed by atoms with E-state index in [1.807, 2.05) is 0 Å². The van der Waals surface area contributed by atoms with E-state index in [1.165, 1.54) is 6.42 Å². The van der Waals surface area contributed by atoms with E-state index in [0.717, 1.165) is 39.4 Å². The summed E-state index contributed by atoms with van der Waals surface area (Å²) >= 11 is 0. The Morgan fingerprint density at radius 2 is 1.61 bits per heavy atom. The molecule has 0 aliphatic rings. The third-order valence-corrected chi connectivity index (χ3v) is 3.46. The first-order chi connectivity index (χ1) is 8.67. The molecule has 4 nitrogen and oxygen atoms in total. The molecule has 18 heavy (non-hydrogen) atoms. The van der Waals surface area contributed by atoms with Crippen LogP contribution in [0.15, 0.2) is 0 Å². The van der Waals surface area contributed by atoms with Crippen molar-refractivity contribution in [2.75, 3.05) is 53.6 Å². The van der Waals surface area contributed by atoms with Crippen molar-refractivity contribution in [2.24, 2.45) is 5.92 Å². The van der Waals surface area contributed by atoms with Crippen molar-refractivity contribution in [1.82, 2.24) is 10.2 Å². The lowest BCUT2D eigenvalue weighted by molar-refractivity contribution is 0.0751. The second-order valence-electron chi connectivity index (χ2n) is 4.94. The summed E-state index contributed by atoms with van der Waals surface area (Å²) in [6.07, 6.45) is 1.19. The average molecular weight is 260 g/mol. The lowest BCUT2D eigenvalue weighted by Gasteiger charge is -2.33. The molecule has 0 aliphatic carbocycles. The molecule has 4 heteroatoms. The fraction of sp³-hybridized carbons (Fsp3) is 1.00. The molecular formula is C14H32N2O2. The highest BCUT2D eigenvalue weighted by Crippen LogP contribution is 2.10. The highest BCUT2D eigenvalue weighted by molar-refractivity contribution is 4.74. The van der Waals surface area contributed by atoms with Gasteiger partial charge in [-0.1, -0.05) is 13.8 Å². The zero-order valence-electron chi connectivity index (χ0n) is 12.9. The fourth-order valence-electron chi connectivity index (χ4n) is 1.97. The zero-order chi connectivity index (χ0) is 13.8. The Balaban J connectivity index is 4.10. The molecule has 2 atom stereocenters. The van der Waals surface area contributed by atoms with Gasteiger partial charge in [0.25, 0.3) is 0 Å². The largest absolute Gasteiger partial charge is 0.383 e. The number of hydrogen-bond acceptors (Lipinski definition) is 4. The predicted octanol–water partition coefficient (Wildman–Crippen LogP) is 1.61. The minimum atomic E-state index is 0.541. The maximum absolute atomic E-state index is 5.18. The number of ether oxygens (including phenoxy) is 2. The zero-order valence-corrected chi connectivity index (χ0v) is 12.9. The molecule has 110 valence electrons. The van der Waals surface area contributed by atoms with Crippen molar-refractivity contribution in [2.45, 2.75) is 33.2 Å². The predicted molar refractivity (Wildman–Crippen MR) is 77.1 cm³/mol. The van der Waals surface area contributed by atoms with Gasteiger partial charge in [0.05, 0.1) is 13.2 Å². The Morgan fingerprint density at radius 3 is 2.06 bits per heavy atom. The fourth-order valence-corrected chi connectivity index (χ4v) is 1.97. The SMILES string of the molecule is CCCNCC(C)C(C)N(CCOC)CCOC. The van der Waals surface area contributed by atoms with Crippen LogP contribution in [0, 0.1) is 5.92 Å². The van der Waals surface area contributed by atoms with Gasteiger partial charge < -0.3 is 14.8 Å². The van der Waals surface area contributed by atoms with Gasteiger partial charge in [-0.25, -0.2) is 0 Å². The van der Waals surface area contributed by atoms with E-state index < -0.39 is 0 Å².